The Morgan fingerprint density at radius 2 is 1.78 bits per heavy atom. The van der Waals surface area contributed by atoms with Crippen LogP contribution in [0, 0.1) is 5.92 Å². The Kier molecular flexibility index (Phi) is 3.50. The number of carbonyl (C=O) groups excluding carboxylic acids is 1. The Morgan fingerprint density at radius 3 is 2.28 bits per heavy atom. The number of hydrogen-bond acceptors (Lipinski definition) is 3. The lowest BCUT2D eigenvalue weighted by molar-refractivity contribution is -0.137. The summed E-state index contributed by atoms with van der Waals surface area (Å²) in [5.41, 5.74) is 1.45. The number of aliphatic carboxylic acids is 1. The summed E-state index contributed by atoms with van der Waals surface area (Å²) in [6, 6.07) is 6.38. The minimum absolute atomic E-state index is 0.0645. The minimum Gasteiger partial charge on any atom is -0.480 e. The van der Waals surface area contributed by atoms with Gasteiger partial charge in [0, 0.05) is 17.3 Å². The predicted octanol–water partition coefficient (Wildman–Crippen LogP) is 1.92. The summed E-state index contributed by atoms with van der Waals surface area (Å²) in [5, 5.41) is 14.4. The average Bonchev–Trinajstić information content (AvgIpc) is 3.15. The van der Waals surface area contributed by atoms with E-state index in [4.69, 9.17) is 5.11 Å². The normalized spacial score (nSPS) is 15.8. The number of anilines is 2. The number of carbonyl (C=O) groups is 2. The molecular formula is C13H16N2O3. The second kappa shape index (κ2) is 5.08. The summed E-state index contributed by atoms with van der Waals surface area (Å²) < 4.78 is 0. The first-order chi connectivity index (χ1) is 8.56. The largest absolute Gasteiger partial charge is 0.480 e. The Morgan fingerprint density at radius 1 is 1.22 bits per heavy atom. The standard InChI is InChI=1S/C13H16N2O3/c1-8(13(17)18)14-10-4-6-11(7-5-10)15-12(16)9-2-3-9/h4-9,14H,2-3H2,1H3,(H,15,16)(H,17,18). The highest BCUT2D eigenvalue weighted by atomic mass is 16.4. The molecule has 1 saturated carbocycles. The van der Waals surface area contributed by atoms with E-state index in [2.05, 4.69) is 10.6 Å². The second-order valence-electron chi connectivity index (χ2n) is 4.55. The molecule has 1 aliphatic carbocycles. The number of benzene rings is 1. The van der Waals surface area contributed by atoms with Crippen LogP contribution in [0.3, 0.4) is 0 Å². The maximum atomic E-state index is 11.5. The van der Waals surface area contributed by atoms with E-state index in [1.165, 1.54) is 0 Å². The smallest absolute Gasteiger partial charge is 0.325 e. The van der Waals surface area contributed by atoms with Crippen molar-refractivity contribution < 1.29 is 14.7 Å². The van der Waals surface area contributed by atoms with Gasteiger partial charge in [0.25, 0.3) is 0 Å². The summed E-state index contributed by atoms with van der Waals surface area (Å²) in [6.07, 6.45) is 1.95. The fourth-order valence-electron chi connectivity index (χ4n) is 1.55. The summed E-state index contributed by atoms with van der Waals surface area (Å²) in [5.74, 6) is -0.662. The van der Waals surface area contributed by atoms with Crippen LogP contribution in [-0.4, -0.2) is 23.0 Å². The Hall–Kier alpha value is -2.04. The van der Waals surface area contributed by atoms with Crippen LogP contribution in [0.1, 0.15) is 19.8 Å². The summed E-state index contributed by atoms with van der Waals surface area (Å²) in [7, 11) is 0. The van der Waals surface area contributed by atoms with Gasteiger partial charge in [-0.25, -0.2) is 0 Å². The number of nitrogens with one attached hydrogen (secondary N) is 2. The zero-order chi connectivity index (χ0) is 13.1. The third-order valence-electron chi connectivity index (χ3n) is 2.85. The minimum atomic E-state index is -0.902. The van der Waals surface area contributed by atoms with Crippen molar-refractivity contribution in [2.45, 2.75) is 25.8 Å². The van der Waals surface area contributed by atoms with E-state index in [1.54, 1.807) is 31.2 Å². The third-order valence-corrected chi connectivity index (χ3v) is 2.85. The molecule has 1 aromatic rings. The summed E-state index contributed by atoms with van der Waals surface area (Å²) in [6.45, 7) is 1.57. The van der Waals surface area contributed by atoms with Crippen LogP contribution in [0.25, 0.3) is 0 Å². The second-order valence-corrected chi connectivity index (χ2v) is 4.55. The Labute approximate surface area is 105 Å². The molecule has 18 heavy (non-hydrogen) atoms. The van der Waals surface area contributed by atoms with Crippen molar-refractivity contribution in [2.75, 3.05) is 10.6 Å². The van der Waals surface area contributed by atoms with Crippen LogP contribution in [0.5, 0.6) is 0 Å². The fraction of sp³-hybridized carbons (Fsp3) is 0.385. The topological polar surface area (TPSA) is 78.4 Å². The first-order valence-electron chi connectivity index (χ1n) is 5.96. The Bertz CT molecular complexity index is 452. The van der Waals surface area contributed by atoms with E-state index in [9.17, 15) is 9.59 Å². The molecule has 1 unspecified atom stereocenters. The molecule has 3 N–H and O–H groups in total. The molecule has 0 aromatic heterocycles. The van der Waals surface area contributed by atoms with Gasteiger partial charge >= 0.3 is 5.97 Å². The van der Waals surface area contributed by atoms with Gasteiger partial charge in [-0.15, -0.1) is 0 Å². The lowest BCUT2D eigenvalue weighted by Crippen LogP contribution is -2.25. The van der Waals surface area contributed by atoms with Crippen molar-refractivity contribution in [1.82, 2.24) is 0 Å². The number of amides is 1. The third kappa shape index (κ3) is 3.23. The number of carboxylic acids is 1. The van der Waals surface area contributed by atoms with Crippen molar-refractivity contribution in [1.29, 1.82) is 0 Å². The van der Waals surface area contributed by atoms with Gasteiger partial charge < -0.3 is 15.7 Å². The van der Waals surface area contributed by atoms with Crippen molar-refractivity contribution in [2.24, 2.45) is 5.92 Å². The van der Waals surface area contributed by atoms with Gasteiger partial charge in [-0.1, -0.05) is 0 Å². The number of hydrogen-bond donors (Lipinski definition) is 3. The molecular weight excluding hydrogens is 232 g/mol. The maximum absolute atomic E-state index is 11.5. The van der Waals surface area contributed by atoms with Crippen molar-refractivity contribution in [3.05, 3.63) is 24.3 Å². The highest BCUT2D eigenvalue weighted by Gasteiger charge is 2.29. The van der Waals surface area contributed by atoms with Gasteiger partial charge in [-0.3, -0.25) is 9.59 Å². The molecule has 0 radical (unpaired) electrons. The van der Waals surface area contributed by atoms with E-state index in [1.807, 2.05) is 0 Å². The monoisotopic (exact) mass is 248 g/mol. The van der Waals surface area contributed by atoms with Crippen LogP contribution < -0.4 is 10.6 Å². The van der Waals surface area contributed by atoms with Crippen LogP contribution in [0.15, 0.2) is 24.3 Å². The lowest BCUT2D eigenvalue weighted by atomic mass is 10.2. The molecule has 1 aromatic carbocycles. The molecule has 5 heteroatoms. The number of rotatable bonds is 5. The highest BCUT2D eigenvalue weighted by molar-refractivity contribution is 5.94. The molecule has 1 atom stereocenters. The van der Waals surface area contributed by atoms with Crippen molar-refractivity contribution >= 4 is 23.3 Å². The molecule has 5 nitrogen and oxygen atoms in total. The highest BCUT2D eigenvalue weighted by Crippen LogP contribution is 2.30. The maximum Gasteiger partial charge on any atom is 0.325 e. The fourth-order valence-corrected chi connectivity index (χ4v) is 1.55. The predicted molar refractivity (Wildman–Crippen MR) is 68.5 cm³/mol. The lowest BCUT2D eigenvalue weighted by Gasteiger charge is -2.11. The molecule has 0 heterocycles. The molecule has 2 rings (SSSR count). The van der Waals surface area contributed by atoms with Gasteiger partial charge in [0.15, 0.2) is 0 Å². The van der Waals surface area contributed by atoms with E-state index in [0.29, 0.717) is 5.69 Å². The van der Waals surface area contributed by atoms with Crippen molar-refractivity contribution in [3.63, 3.8) is 0 Å². The van der Waals surface area contributed by atoms with E-state index in [0.717, 1.165) is 18.5 Å². The van der Waals surface area contributed by atoms with E-state index < -0.39 is 12.0 Å². The molecule has 96 valence electrons. The molecule has 0 bridgehead atoms. The van der Waals surface area contributed by atoms with Crippen LogP contribution >= 0.6 is 0 Å². The zero-order valence-corrected chi connectivity index (χ0v) is 10.1. The molecule has 0 spiro atoms. The van der Waals surface area contributed by atoms with Crippen LogP contribution in [0.2, 0.25) is 0 Å². The van der Waals surface area contributed by atoms with Gasteiger partial charge in [0.1, 0.15) is 6.04 Å². The molecule has 0 saturated heterocycles. The van der Waals surface area contributed by atoms with Crippen LogP contribution in [-0.2, 0) is 9.59 Å². The zero-order valence-electron chi connectivity index (χ0n) is 10.1. The SMILES string of the molecule is CC(Nc1ccc(NC(=O)C2CC2)cc1)C(=O)O. The molecule has 1 fully saturated rings. The molecule has 1 amide bonds. The van der Waals surface area contributed by atoms with Gasteiger partial charge in [0.05, 0.1) is 0 Å². The summed E-state index contributed by atoms with van der Waals surface area (Å²) in [4.78, 5) is 22.2. The number of carboxylic acid groups (broad SMARTS) is 1. The van der Waals surface area contributed by atoms with Gasteiger partial charge in [-0.05, 0) is 44.0 Å². The molecule has 1 aliphatic rings. The molecule has 0 aliphatic heterocycles. The van der Waals surface area contributed by atoms with Crippen molar-refractivity contribution in [3.8, 4) is 0 Å². The van der Waals surface area contributed by atoms with Gasteiger partial charge in [-0.2, -0.15) is 0 Å². The van der Waals surface area contributed by atoms with Gasteiger partial charge in [0.2, 0.25) is 5.91 Å². The first kappa shape index (κ1) is 12.4. The van der Waals surface area contributed by atoms with E-state index >= 15 is 0 Å². The Balaban J connectivity index is 1.92. The first-order valence-corrected chi connectivity index (χ1v) is 5.96. The van der Waals surface area contributed by atoms with Crippen LogP contribution in [0.4, 0.5) is 11.4 Å². The quantitative estimate of drug-likeness (QED) is 0.744. The van der Waals surface area contributed by atoms with E-state index in [-0.39, 0.29) is 11.8 Å². The summed E-state index contributed by atoms with van der Waals surface area (Å²) >= 11 is 0. The average molecular weight is 248 g/mol.